The molecule has 1 atom stereocenters. The lowest BCUT2D eigenvalue weighted by molar-refractivity contribution is -0.167. The second kappa shape index (κ2) is 58.4. The lowest BCUT2D eigenvalue weighted by atomic mass is 10.0. The molecule has 6 heteroatoms. The first-order chi connectivity index (χ1) is 35.0. The minimum Gasteiger partial charge on any atom is -0.462 e. The van der Waals surface area contributed by atoms with Crippen LogP contribution in [0.1, 0.15) is 252 Å². The smallest absolute Gasteiger partial charge is 0.306 e. The predicted octanol–water partition coefficient (Wildman–Crippen LogP) is 19.6. The molecular formula is C65H106O6. The molecule has 402 valence electrons. The van der Waals surface area contributed by atoms with Crippen LogP contribution in [0, 0.1) is 0 Å². The van der Waals surface area contributed by atoms with Gasteiger partial charge in [-0.05, 0) is 64.2 Å². The molecular weight excluding hydrogens is 877 g/mol. The van der Waals surface area contributed by atoms with Gasteiger partial charge in [-0.1, -0.05) is 290 Å². The lowest BCUT2D eigenvalue weighted by Crippen LogP contribution is -2.30. The second-order valence-electron chi connectivity index (χ2n) is 19.1. The Bertz CT molecular complexity index is 1500. The Morgan fingerprint density at radius 3 is 0.873 bits per heavy atom. The van der Waals surface area contributed by atoms with Crippen LogP contribution in [0.3, 0.4) is 0 Å². The third kappa shape index (κ3) is 56.6. The van der Waals surface area contributed by atoms with Gasteiger partial charge in [-0.15, -0.1) is 0 Å². The Hall–Kier alpha value is -4.19. The summed E-state index contributed by atoms with van der Waals surface area (Å²) < 4.78 is 16.8. The summed E-state index contributed by atoms with van der Waals surface area (Å²) in [7, 11) is 0. The molecule has 0 aromatic heterocycles. The third-order valence-electron chi connectivity index (χ3n) is 12.2. The van der Waals surface area contributed by atoms with Crippen LogP contribution in [-0.2, 0) is 28.6 Å². The van der Waals surface area contributed by atoms with Gasteiger partial charge in [-0.25, -0.2) is 0 Å². The molecule has 0 aliphatic carbocycles. The van der Waals surface area contributed by atoms with Gasteiger partial charge in [0.2, 0.25) is 0 Å². The average Bonchev–Trinajstić information content (AvgIpc) is 3.37. The molecule has 0 radical (unpaired) electrons. The minimum absolute atomic E-state index is 0.102. The molecule has 0 N–H and O–H groups in total. The van der Waals surface area contributed by atoms with Crippen molar-refractivity contribution in [2.45, 2.75) is 258 Å². The minimum atomic E-state index is -0.811. The number of hydrogen-bond acceptors (Lipinski definition) is 6. The fourth-order valence-corrected chi connectivity index (χ4v) is 7.84. The summed E-state index contributed by atoms with van der Waals surface area (Å²) in [6.45, 7) is 6.43. The second-order valence-corrected chi connectivity index (χ2v) is 19.1. The lowest BCUT2D eigenvalue weighted by Gasteiger charge is -2.18. The number of carbonyl (C=O) groups is 3. The van der Waals surface area contributed by atoms with E-state index in [2.05, 4.69) is 69.4 Å². The van der Waals surface area contributed by atoms with Crippen LogP contribution in [0.5, 0.6) is 0 Å². The molecule has 0 spiro atoms. The van der Waals surface area contributed by atoms with Gasteiger partial charge in [0.05, 0.1) is 0 Å². The molecule has 0 amide bonds. The molecule has 1 unspecified atom stereocenters. The van der Waals surface area contributed by atoms with Crippen LogP contribution >= 0.6 is 0 Å². The Morgan fingerprint density at radius 2 is 0.549 bits per heavy atom. The van der Waals surface area contributed by atoms with Crippen LogP contribution in [0.2, 0.25) is 0 Å². The number of hydrogen-bond donors (Lipinski definition) is 0. The third-order valence-corrected chi connectivity index (χ3v) is 12.2. The zero-order valence-electron chi connectivity index (χ0n) is 45.9. The van der Waals surface area contributed by atoms with Crippen molar-refractivity contribution in [1.82, 2.24) is 0 Å². The van der Waals surface area contributed by atoms with Gasteiger partial charge in [0.1, 0.15) is 13.2 Å². The molecule has 0 bridgehead atoms. The zero-order valence-corrected chi connectivity index (χ0v) is 45.9. The molecule has 0 aliphatic rings. The van der Waals surface area contributed by atoms with E-state index in [9.17, 15) is 14.4 Å². The van der Waals surface area contributed by atoms with E-state index in [4.69, 9.17) is 14.2 Å². The molecule has 0 heterocycles. The highest BCUT2D eigenvalue weighted by molar-refractivity contribution is 5.71. The van der Waals surface area contributed by atoms with Crippen molar-refractivity contribution in [2.75, 3.05) is 13.2 Å². The van der Waals surface area contributed by atoms with Gasteiger partial charge in [0.25, 0.3) is 0 Å². The van der Waals surface area contributed by atoms with Crippen LogP contribution in [0.25, 0.3) is 0 Å². The maximum atomic E-state index is 12.9. The first-order valence-corrected chi connectivity index (χ1v) is 29.2. The monoisotopic (exact) mass is 983 g/mol. The van der Waals surface area contributed by atoms with Crippen molar-refractivity contribution in [3.63, 3.8) is 0 Å². The molecule has 0 aliphatic heterocycles. The van der Waals surface area contributed by atoms with Crippen molar-refractivity contribution in [3.05, 3.63) is 122 Å². The summed E-state index contributed by atoms with van der Waals surface area (Å²) in [5.41, 5.74) is 0. The van der Waals surface area contributed by atoms with Crippen molar-refractivity contribution < 1.29 is 28.6 Å². The highest BCUT2D eigenvalue weighted by Crippen LogP contribution is 2.15. The molecule has 6 nitrogen and oxygen atoms in total. The quantitative estimate of drug-likeness (QED) is 0.0261. The fraction of sp³-hybridized carbons (Fsp3) is 0.646. The topological polar surface area (TPSA) is 78.9 Å². The van der Waals surface area contributed by atoms with E-state index in [1.807, 2.05) is 72.9 Å². The Labute approximate surface area is 437 Å². The van der Waals surface area contributed by atoms with Gasteiger partial charge in [0, 0.05) is 19.3 Å². The first kappa shape index (κ1) is 66.8. The van der Waals surface area contributed by atoms with E-state index in [0.29, 0.717) is 19.3 Å². The van der Waals surface area contributed by atoms with Crippen LogP contribution < -0.4 is 0 Å². The number of ether oxygens (including phenoxy) is 3. The zero-order chi connectivity index (χ0) is 51.4. The van der Waals surface area contributed by atoms with Crippen molar-refractivity contribution >= 4 is 17.9 Å². The van der Waals surface area contributed by atoms with Crippen molar-refractivity contribution in [3.8, 4) is 0 Å². The Kier molecular flexibility index (Phi) is 54.9. The largest absolute Gasteiger partial charge is 0.462 e. The van der Waals surface area contributed by atoms with E-state index < -0.39 is 6.10 Å². The van der Waals surface area contributed by atoms with Crippen molar-refractivity contribution in [1.29, 1.82) is 0 Å². The molecule has 0 fully saturated rings. The number of rotatable bonds is 51. The summed E-state index contributed by atoms with van der Waals surface area (Å²) in [6.07, 6.45) is 80.3. The van der Waals surface area contributed by atoms with E-state index in [1.165, 1.54) is 116 Å². The van der Waals surface area contributed by atoms with E-state index in [1.54, 1.807) is 0 Å². The molecule has 71 heavy (non-hydrogen) atoms. The first-order valence-electron chi connectivity index (χ1n) is 29.2. The Balaban J connectivity index is 4.54. The highest BCUT2D eigenvalue weighted by Gasteiger charge is 2.19. The maximum Gasteiger partial charge on any atom is 0.306 e. The summed E-state index contributed by atoms with van der Waals surface area (Å²) in [5.74, 6) is -0.967. The summed E-state index contributed by atoms with van der Waals surface area (Å²) in [5, 5.41) is 0. The summed E-state index contributed by atoms with van der Waals surface area (Å²) in [4.78, 5) is 38.2. The average molecular weight is 984 g/mol. The molecule has 0 saturated carbocycles. The highest BCUT2D eigenvalue weighted by atomic mass is 16.6. The van der Waals surface area contributed by atoms with Crippen LogP contribution in [0.4, 0.5) is 0 Å². The van der Waals surface area contributed by atoms with Gasteiger partial charge in [0.15, 0.2) is 6.10 Å². The molecule has 0 saturated heterocycles. The molecule has 0 aromatic carbocycles. The standard InChI is InChI=1S/C65H106O6/c1-4-7-10-13-16-19-22-25-28-31-33-35-37-40-43-46-49-52-55-58-64(67)70-61-62(60-69-63(66)57-54-51-48-45-42-39-36-30-27-24-21-18-15-12-9-6-3)71-65(68)59-56-53-50-47-44-41-38-34-32-29-26-23-20-17-14-11-8-5-2/h7,10,13,16,19,22-23,25-26,28-29,31-35,37-38,40,43,62H,4-6,8-9,11-12,14-15,17-18,20-21,24,27,30,36,39,41-42,44-61H2,1-3H3/b10-7-,16-13-,22-19-,26-23-,28-25-,32-29-,33-31+,37-35-,38-34-,43-40-. The van der Waals surface area contributed by atoms with Gasteiger partial charge in [-0.2, -0.15) is 0 Å². The molecule has 0 rings (SSSR count). The van der Waals surface area contributed by atoms with Gasteiger partial charge < -0.3 is 14.2 Å². The number of esters is 3. The summed E-state index contributed by atoms with van der Waals surface area (Å²) >= 11 is 0. The summed E-state index contributed by atoms with van der Waals surface area (Å²) in [6, 6.07) is 0. The maximum absolute atomic E-state index is 12.9. The predicted molar refractivity (Wildman–Crippen MR) is 306 cm³/mol. The molecule has 0 aromatic rings. The van der Waals surface area contributed by atoms with Crippen LogP contribution in [0.15, 0.2) is 122 Å². The fourth-order valence-electron chi connectivity index (χ4n) is 7.84. The number of unbranched alkanes of at least 4 members (excludes halogenated alkanes) is 28. The Morgan fingerprint density at radius 1 is 0.296 bits per heavy atom. The van der Waals surface area contributed by atoms with E-state index >= 15 is 0 Å². The normalized spacial score (nSPS) is 13.0. The van der Waals surface area contributed by atoms with Crippen LogP contribution in [-0.4, -0.2) is 37.2 Å². The number of allylic oxidation sites excluding steroid dienone is 20. The van der Waals surface area contributed by atoms with Gasteiger partial charge >= 0.3 is 17.9 Å². The SMILES string of the molecule is CC\C=C/C=C\C=C/C=C\C=C\C=C/C=C\CCCCCC(=O)OCC(COC(=O)CCCCCCCCCCCCCCCCCC)OC(=O)CCCCCCC\C=C/C=C\C=C/CCCCCCC. The number of carbonyl (C=O) groups excluding carboxylic acids is 3. The van der Waals surface area contributed by atoms with E-state index in [-0.39, 0.29) is 31.1 Å². The van der Waals surface area contributed by atoms with E-state index in [0.717, 1.165) is 96.3 Å². The van der Waals surface area contributed by atoms with Crippen molar-refractivity contribution in [2.24, 2.45) is 0 Å². The van der Waals surface area contributed by atoms with Gasteiger partial charge in [-0.3, -0.25) is 14.4 Å².